The van der Waals surface area contributed by atoms with Crippen LogP contribution in [0.25, 0.3) is 10.9 Å². The number of anilines is 1. The van der Waals surface area contributed by atoms with E-state index in [0.717, 1.165) is 16.5 Å². The van der Waals surface area contributed by atoms with Crippen LogP contribution in [0.4, 0.5) is 5.69 Å². The third kappa shape index (κ3) is 3.62. The number of hydrogen-bond donors (Lipinski definition) is 2. The molecule has 1 heterocycles. The van der Waals surface area contributed by atoms with Gasteiger partial charge in [0.1, 0.15) is 0 Å². The highest BCUT2D eigenvalue weighted by atomic mass is 16.5. The van der Waals surface area contributed by atoms with Gasteiger partial charge in [-0.25, -0.2) is 0 Å². The minimum atomic E-state index is -0.685. The minimum absolute atomic E-state index is 0.249. The molecule has 0 bridgehead atoms. The summed E-state index contributed by atoms with van der Waals surface area (Å²) in [7, 11) is 5.01. The first-order valence-corrected chi connectivity index (χ1v) is 8.21. The Hall–Kier alpha value is -3.06. The molecule has 0 fully saturated rings. The van der Waals surface area contributed by atoms with E-state index in [1.807, 2.05) is 37.4 Å². The third-order valence-electron chi connectivity index (χ3n) is 4.26. The highest BCUT2D eigenvalue weighted by Gasteiger charge is 2.16. The summed E-state index contributed by atoms with van der Waals surface area (Å²) in [4.78, 5) is 12.4. The minimum Gasteiger partial charge on any atom is -0.493 e. The summed E-state index contributed by atoms with van der Waals surface area (Å²) in [6.07, 6.45) is 2.17. The molecule has 0 aliphatic rings. The number of aromatic nitrogens is 2. The number of carbonyl (C=O) groups excluding carboxylic acids is 1. The maximum absolute atomic E-state index is 12.4. The number of amides is 1. The molecule has 0 aliphatic heterocycles. The van der Waals surface area contributed by atoms with Crippen LogP contribution in [-0.4, -0.2) is 35.9 Å². The molecule has 2 aromatic carbocycles. The van der Waals surface area contributed by atoms with Crippen LogP contribution in [0.5, 0.6) is 11.5 Å². The van der Waals surface area contributed by atoms with Crippen molar-refractivity contribution in [3.05, 3.63) is 48.2 Å². The van der Waals surface area contributed by atoms with E-state index >= 15 is 0 Å². The van der Waals surface area contributed by atoms with E-state index in [1.54, 1.807) is 31.2 Å². The summed E-state index contributed by atoms with van der Waals surface area (Å²) in [5.74, 6) is 0.999. The van der Waals surface area contributed by atoms with Gasteiger partial charge < -0.3 is 20.5 Å². The largest absolute Gasteiger partial charge is 0.493 e. The highest BCUT2D eigenvalue weighted by molar-refractivity contribution is 5.96. The third-order valence-corrected chi connectivity index (χ3v) is 4.26. The fraction of sp³-hybridized carbons (Fsp3) is 0.263. The lowest BCUT2D eigenvalue weighted by atomic mass is 10.1. The number of hydrogen-bond acceptors (Lipinski definition) is 5. The van der Waals surface area contributed by atoms with Crippen LogP contribution in [0.2, 0.25) is 0 Å². The van der Waals surface area contributed by atoms with Gasteiger partial charge in [0.25, 0.3) is 0 Å². The first kappa shape index (κ1) is 17.8. The van der Waals surface area contributed by atoms with Crippen LogP contribution < -0.4 is 20.5 Å². The van der Waals surface area contributed by atoms with Gasteiger partial charge >= 0.3 is 0 Å². The van der Waals surface area contributed by atoms with Crippen molar-refractivity contribution in [3.63, 3.8) is 0 Å². The number of fused-ring (bicyclic) bond motifs is 1. The van der Waals surface area contributed by atoms with Gasteiger partial charge in [-0.2, -0.15) is 5.10 Å². The van der Waals surface area contributed by atoms with Crippen molar-refractivity contribution in [2.75, 3.05) is 19.5 Å². The van der Waals surface area contributed by atoms with E-state index in [2.05, 4.69) is 10.4 Å². The molecule has 1 aromatic heterocycles. The quantitative estimate of drug-likeness (QED) is 0.707. The van der Waals surface area contributed by atoms with Gasteiger partial charge in [0, 0.05) is 18.1 Å². The Morgan fingerprint density at radius 2 is 1.96 bits per heavy atom. The molecule has 26 heavy (non-hydrogen) atoms. The number of nitrogens with two attached hydrogens (primary N) is 1. The lowest BCUT2D eigenvalue weighted by molar-refractivity contribution is -0.117. The van der Waals surface area contributed by atoms with Gasteiger partial charge in [0.15, 0.2) is 11.5 Å². The molecule has 1 amide bonds. The molecule has 0 saturated heterocycles. The Labute approximate surface area is 151 Å². The number of nitrogens with zero attached hydrogens (tertiary/aromatic N) is 2. The second-order valence-electron chi connectivity index (χ2n) is 6.03. The molecule has 0 aliphatic carbocycles. The topological polar surface area (TPSA) is 91.4 Å². The van der Waals surface area contributed by atoms with Crippen molar-refractivity contribution in [1.29, 1.82) is 0 Å². The van der Waals surface area contributed by atoms with Crippen LogP contribution in [0.3, 0.4) is 0 Å². The van der Waals surface area contributed by atoms with Crippen molar-refractivity contribution in [2.24, 2.45) is 12.8 Å². The summed E-state index contributed by atoms with van der Waals surface area (Å²) >= 11 is 0. The summed E-state index contributed by atoms with van der Waals surface area (Å²) in [6.45, 7) is 0. The number of rotatable bonds is 6. The molecular formula is C19H22N4O3. The maximum atomic E-state index is 12.4. The number of aryl methyl sites for hydroxylation is 1. The van der Waals surface area contributed by atoms with Crippen LogP contribution in [0.1, 0.15) is 5.56 Å². The molecule has 136 valence electrons. The fourth-order valence-corrected chi connectivity index (χ4v) is 2.81. The molecule has 0 saturated carbocycles. The molecule has 7 heteroatoms. The fourth-order valence-electron chi connectivity index (χ4n) is 2.81. The second-order valence-corrected chi connectivity index (χ2v) is 6.03. The van der Waals surface area contributed by atoms with E-state index in [9.17, 15) is 4.79 Å². The molecule has 1 atom stereocenters. The summed E-state index contributed by atoms with van der Waals surface area (Å²) < 4.78 is 12.3. The van der Waals surface area contributed by atoms with Gasteiger partial charge in [0.05, 0.1) is 32.0 Å². The molecule has 7 nitrogen and oxygen atoms in total. The van der Waals surface area contributed by atoms with E-state index in [4.69, 9.17) is 15.2 Å². The first-order chi connectivity index (χ1) is 12.5. The molecule has 0 spiro atoms. The average molecular weight is 354 g/mol. The summed E-state index contributed by atoms with van der Waals surface area (Å²) in [5.41, 5.74) is 8.61. The van der Waals surface area contributed by atoms with Gasteiger partial charge in [-0.3, -0.25) is 9.48 Å². The van der Waals surface area contributed by atoms with Crippen molar-refractivity contribution < 1.29 is 14.3 Å². The zero-order chi connectivity index (χ0) is 18.7. The zero-order valence-electron chi connectivity index (χ0n) is 15.0. The van der Waals surface area contributed by atoms with E-state index in [-0.39, 0.29) is 5.91 Å². The van der Waals surface area contributed by atoms with Crippen molar-refractivity contribution >= 4 is 22.5 Å². The van der Waals surface area contributed by atoms with E-state index in [1.165, 1.54) is 0 Å². The Kier molecular flexibility index (Phi) is 5.09. The normalized spacial score (nSPS) is 12.0. The summed E-state index contributed by atoms with van der Waals surface area (Å²) in [6, 6.07) is 10.4. The molecular weight excluding hydrogens is 332 g/mol. The van der Waals surface area contributed by atoms with Crippen molar-refractivity contribution in [3.8, 4) is 11.5 Å². The zero-order valence-corrected chi connectivity index (χ0v) is 15.0. The predicted molar refractivity (Wildman–Crippen MR) is 101 cm³/mol. The molecule has 3 aromatic rings. The average Bonchev–Trinajstić information content (AvgIpc) is 3.02. The van der Waals surface area contributed by atoms with Gasteiger partial charge in [-0.05, 0) is 42.3 Å². The maximum Gasteiger partial charge on any atom is 0.241 e. The first-order valence-electron chi connectivity index (χ1n) is 8.21. The Morgan fingerprint density at radius 3 is 2.69 bits per heavy atom. The molecule has 3 N–H and O–H groups in total. The lowest BCUT2D eigenvalue weighted by Crippen LogP contribution is -2.37. The van der Waals surface area contributed by atoms with Crippen LogP contribution in [-0.2, 0) is 18.3 Å². The Morgan fingerprint density at radius 1 is 1.19 bits per heavy atom. The van der Waals surface area contributed by atoms with Crippen LogP contribution >= 0.6 is 0 Å². The van der Waals surface area contributed by atoms with E-state index < -0.39 is 6.04 Å². The highest BCUT2D eigenvalue weighted by Crippen LogP contribution is 2.28. The molecule has 0 radical (unpaired) electrons. The monoisotopic (exact) mass is 354 g/mol. The number of carbonyl (C=O) groups is 1. The van der Waals surface area contributed by atoms with Crippen LogP contribution in [0.15, 0.2) is 42.6 Å². The number of nitrogens with one attached hydrogen (secondary N) is 1. The SMILES string of the molecule is COc1ccc(C[C@H](N)C(=O)Nc2ccc3cnn(C)c3c2)cc1OC. The molecule has 3 rings (SSSR count). The Bertz CT molecular complexity index is 936. The van der Waals surface area contributed by atoms with Crippen molar-refractivity contribution in [2.45, 2.75) is 12.5 Å². The number of ether oxygens (including phenoxy) is 2. The number of benzene rings is 2. The van der Waals surface area contributed by atoms with Gasteiger partial charge in [-0.15, -0.1) is 0 Å². The van der Waals surface area contributed by atoms with Crippen LogP contribution in [0, 0.1) is 0 Å². The lowest BCUT2D eigenvalue weighted by Gasteiger charge is -2.14. The van der Waals surface area contributed by atoms with Gasteiger partial charge in [0.2, 0.25) is 5.91 Å². The molecule has 0 unspecified atom stereocenters. The van der Waals surface area contributed by atoms with Gasteiger partial charge in [-0.1, -0.05) is 6.07 Å². The smallest absolute Gasteiger partial charge is 0.241 e. The van der Waals surface area contributed by atoms with E-state index in [0.29, 0.717) is 23.6 Å². The Balaban J connectivity index is 1.70. The standard InChI is InChI=1S/C19H22N4O3/c1-23-16-10-14(6-5-13(16)11-21-23)22-19(24)15(20)8-12-4-7-17(25-2)18(9-12)26-3/h4-7,9-11,15H,8,20H2,1-3H3,(H,22,24)/t15-/m0/s1. The summed E-state index contributed by atoms with van der Waals surface area (Å²) in [5, 5.41) is 8.07. The second kappa shape index (κ2) is 7.45. The predicted octanol–water partition coefficient (Wildman–Crippen LogP) is 2.10. The van der Waals surface area contributed by atoms with Crippen molar-refractivity contribution in [1.82, 2.24) is 9.78 Å². The number of methoxy groups -OCH3 is 2.